The summed E-state index contributed by atoms with van der Waals surface area (Å²) in [5.74, 6) is 0.279. The van der Waals surface area contributed by atoms with Crippen molar-refractivity contribution in [3.63, 3.8) is 0 Å². The summed E-state index contributed by atoms with van der Waals surface area (Å²) in [7, 11) is -3.01. The average Bonchev–Trinajstić information content (AvgIpc) is 3.29. The van der Waals surface area contributed by atoms with Crippen molar-refractivity contribution in [3.8, 4) is 0 Å². The SMILES string of the molecule is CCCN(C(=O)Cc1coc2cc3c(cc12)CCC3)C1CCS(=O)(=O)C1. The molecule has 5 nitrogen and oxygen atoms in total. The van der Waals surface area contributed by atoms with Crippen LogP contribution in [-0.4, -0.2) is 43.3 Å². The summed E-state index contributed by atoms with van der Waals surface area (Å²) in [5.41, 5.74) is 4.47. The van der Waals surface area contributed by atoms with E-state index in [0.717, 1.165) is 35.8 Å². The maximum absolute atomic E-state index is 13.0. The number of carbonyl (C=O) groups excluding carboxylic acids is 1. The Kier molecular flexibility index (Phi) is 4.55. The molecule has 2 aliphatic rings. The Balaban J connectivity index is 1.57. The van der Waals surface area contributed by atoms with Crippen molar-refractivity contribution in [2.24, 2.45) is 0 Å². The first-order valence-corrected chi connectivity index (χ1v) is 11.3. The number of hydrogen-bond acceptors (Lipinski definition) is 4. The van der Waals surface area contributed by atoms with Crippen LogP contribution in [0.25, 0.3) is 11.0 Å². The molecule has 1 fully saturated rings. The molecule has 2 aromatic rings. The zero-order chi connectivity index (χ0) is 18.3. The second kappa shape index (κ2) is 6.72. The van der Waals surface area contributed by atoms with Crippen LogP contribution in [-0.2, 0) is 33.9 Å². The minimum absolute atomic E-state index is 0.00264. The summed E-state index contributed by atoms with van der Waals surface area (Å²) in [4.78, 5) is 14.7. The van der Waals surface area contributed by atoms with Crippen molar-refractivity contribution in [3.05, 3.63) is 35.1 Å². The molecule has 4 rings (SSSR count). The molecule has 0 spiro atoms. The quantitative estimate of drug-likeness (QED) is 0.806. The molecule has 1 aromatic heterocycles. The highest BCUT2D eigenvalue weighted by Gasteiger charge is 2.34. The van der Waals surface area contributed by atoms with Gasteiger partial charge in [0.05, 0.1) is 24.2 Å². The number of amides is 1. The minimum atomic E-state index is -3.01. The van der Waals surface area contributed by atoms with Crippen molar-refractivity contribution in [1.29, 1.82) is 0 Å². The van der Waals surface area contributed by atoms with E-state index in [0.29, 0.717) is 13.0 Å². The summed E-state index contributed by atoms with van der Waals surface area (Å²) in [6, 6.07) is 4.10. The minimum Gasteiger partial charge on any atom is -0.464 e. The predicted octanol–water partition coefficient (Wildman–Crippen LogP) is 2.89. The van der Waals surface area contributed by atoms with Crippen LogP contribution in [0.4, 0.5) is 0 Å². The second-order valence-electron chi connectivity index (χ2n) is 7.55. The van der Waals surface area contributed by atoms with Crippen molar-refractivity contribution >= 4 is 26.7 Å². The lowest BCUT2D eigenvalue weighted by molar-refractivity contribution is -0.132. The molecule has 1 amide bonds. The molecule has 1 aromatic carbocycles. The Morgan fingerprint density at radius 1 is 1.27 bits per heavy atom. The van der Waals surface area contributed by atoms with Crippen LogP contribution < -0.4 is 0 Å². The molecule has 26 heavy (non-hydrogen) atoms. The van der Waals surface area contributed by atoms with Gasteiger partial charge in [-0.3, -0.25) is 4.79 Å². The lowest BCUT2D eigenvalue weighted by Gasteiger charge is -2.28. The van der Waals surface area contributed by atoms with Crippen LogP contribution in [0.15, 0.2) is 22.8 Å². The second-order valence-corrected chi connectivity index (χ2v) is 9.78. The molecular formula is C20H25NO4S. The van der Waals surface area contributed by atoms with E-state index < -0.39 is 9.84 Å². The molecule has 0 N–H and O–H groups in total. The third-order valence-corrected chi connectivity index (χ3v) is 7.39. The van der Waals surface area contributed by atoms with Gasteiger partial charge in [0, 0.05) is 23.5 Å². The maximum atomic E-state index is 13.0. The fraction of sp³-hybridized carbons (Fsp3) is 0.550. The van der Waals surface area contributed by atoms with E-state index in [4.69, 9.17) is 4.42 Å². The lowest BCUT2D eigenvalue weighted by Crippen LogP contribution is -2.42. The van der Waals surface area contributed by atoms with E-state index in [-0.39, 0.29) is 29.9 Å². The Bertz CT molecular complexity index is 944. The Labute approximate surface area is 154 Å². The maximum Gasteiger partial charge on any atom is 0.227 e. The lowest BCUT2D eigenvalue weighted by atomic mass is 10.0. The topological polar surface area (TPSA) is 67.6 Å². The van der Waals surface area contributed by atoms with E-state index in [9.17, 15) is 13.2 Å². The highest BCUT2D eigenvalue weighted by molar-refractivity contribution is 7.91. The van der Waals surface area contributed by atoms with Crippen LogP contribution in [0.1, 0.15) is 42.9 Å². The molecule has 1 atom stereocenters. The van der Waals surface area contributed by atoms with Crippen LogP contribution in [0, 0.1) is 0 Å². The van der Waals surface area contributed by atoms with Crippen LogP contribution in [0.2, 0.25) is 0 Å². The van der Waals surface area contributed by atoms with Gasteiger partial charge in [0.1, 0.15) is 5.58 Å². The summed E-state index contributed by atoms with van der Waals surface area (Å²) in [6.45, 7) is 2.62. The van der Waals surface area contributed by atoms with Gasteiger partial charge >= 0.3 is 0 Å². The predicted molar refractivity (Wildman–Crippen MR) is 101 cm³/mol. The van der Waals surface area contributed by atoms with Gasteiger partial charge in [-0.15, -0.1) is 0 Å². The molecule has 1 aliphatic carbocycles. The smallest absolute Gasteiger partial charge is 0.227 e. The molecule has 1 unspecified atom stereocenters. The van der Waals surface area contributed by atoms with Gasteiger partial charge in [-0.05, 0) is 55.4 Å². The number of nitrogens with zero attached hydrogens (tertiary/aromatic N) is 1. The summed E-state index contributed by atoms with van der Waals surface area (Å²) >= 11 is 0. The summed E-state index contributed by atoms with van der Waals surface area (Å²) in [5, 5.41) is 1.02. The third kappa shape index (κ3) is 3.27. The number of carbonyl (C=O) groups is 1. The Morgan fingerprint density at radius 3 is 2.73 bits per heavy atom. The molecule has 0 radical (unpaired) electrons. The molecular weight excluding hydrogens is 350 g/mol. The average molecular weight is 375 g/mol. The molecule has 1 saturated heterocycles. The fourth-order valence-corrected chi connectivity index (χ4v) is 6.05. The van der Waals surface area contributed by atoms with Crippen LogP contribution >= 0.6 is 0 Å². The first-order chi connectivity index (χ1) is 12.5. The van der Waals surface area contributed by atoms with E-state index >= 15 is 0 Å². The Morgan fingerprint density at radius 2 is 2.04 bits per heavy atom. The van der Waals surface area contributed by atoms with Crippen molar-refractivity contribution in [1.82, 2.24) is 4.90 Å². The van der Waals surface area contributed by atoms with E-state index in [1.807, 2.05) is 6.92 Å². The highest BCUT2D eigenvalue weighted by Crippen LogP contribution is 2.31. The van der Waals surface area contributed by atoms with Gasteiger partial charge in [-0.1, -0.05) is 6.92 Å². The molecule has 6 heteroatoms. The number of rotatable bonds is 5. The monoisotopic (exact) mass is 375 g/mol. The molecule has 2 heterocycles. The zero-order valence-corrected chi connectivity index (χ0v) is 16.0. The third-order valence-electron chi connectivity index (χ3n) is 5.64. The number of benzene rings is 1. The van der Waals surface area contributed by atoms with E-state index in [1.165, 1.54) is 17.5 Å². The number of fused-ring (bicyclic) bond motifs is 2. The summed E-state index contributed by atoms with van der Waals surface area (Å²) < 4.78 is 29.3. The van der Waals surface area contributed by atoms with E-state index in [1.54, 1.807) is 11.2 Å². The summed E-state index contributed by atoms with van der Waals surface area (Å²) in [6.07, 6.45) is 6.69. The van der Waals surface area contributed by atoms with Crippen LogP contribution in [0.5, 0.6) is 0 Å². The van der Waals surface area contributed by atoms with Crippen molar-refractivity contribution in [2.45, 2.75) is 51.5 Å². The van der Waals surface area contributed by atoms with Crippen molar-refractivity contribution in [2.75, 3.05) is 18.1 Å². The highest BCUT2D eigenvalue weighted by atomic mass is 32.2. The zero-order valence-electron chi connectivity index (χ0n) is 15.2. The molecule has 1 aliphatic heterocycles. The standard InChI is InChI=1S/C20H25NO4S/c1-2-7-21(17-6-8-26(23,24)13-17)20(22)11-16-12-25-19-10-15-5-3-4-14(15)9-18(16)19/h9-10,12,17H,2-8,11,13H2,1H3. The molecule has 0 saturated carbocycles. The largest absolute Gasteiger partial charge is 0.464 e. The fourth-order valence-electron chi connectivity index (χ4n) is 4.32. The van der Waals surface area contributed by atoms with Gasteiger partial charge in [-0.25, -0.2) is 8.42 Å². The van der Waals surface area contributed by atoms with Gasteiger partial charge in [0.15, 0.2) is 9.84 Å². The van der Waals surface area contributed by atoms with E-state index in [2.05, 4.69) is 12.1 Å². The molecule has 140 valence electrons. The first-order valence-electron chi connectivity index (χ1n) is 9.48. The first kappa shape index (κ1) is 17.6. The number of sulfone groups is 1. The van der Waals surface area contributed by atoms with Gasteiger partial charge in [-0.2, -0.15) is 0 Å². The van der Waals surface area contributed by atoms with Gasteiger partial charge < -0.3 is 9.32 Å². The normalized spacial score (nSPS) is 21.2. The number of hydrogen-bond donors (Lipinski definition) is 0. The van der Waals surface area contributed by atoms with Crippen molar-refractivity contribution < 1.29 is 17.6 Å². The number of furan rings is 1. The van der Waals surface area contributed by atoms with Gasteiger partial charge in [0.2, 0.25) is 5.91 Å². The van der Waals surface area contributed by atoms with Crippen LogP contribution in [0.3, 0.4) is 0 Å². The van der Waals surface area contributed by atoms with Gasteiger partial charge in [0.25, 0.3) is 0 Å². The number of aryl methyl sites for hydroxylation is 2. The molecule has 0 bridgehead atoms. The Hall–Kier alpha value is -1.82.